The summed E-state index contributed by atoms with van der Waals surface area (Å²) in [5, 5.41) is 4.92. The Morgan fingerprint density at radius 1 is 1.43 bits per heavy atom. The molecule has 74 valence electrons. The second-order valence-corrected chi connectivity index (χ2v) is 3.73. The smallest absolute Gasteiger partial charge is 0.152 e. The van der Waals surface area contributed by atoms with Crippen LogP contribution in [0.4, 0.5) is 0 Å². The number of nitrogens with one attached hydrogen (secondary N) is 1. The van der Waals surface area contributed by atoms with E-state index in [0.29, 0.717) is 5.02 Å². The van der Waals surface area contributed by atoms with Gasteiger partial charge in [0.25, 0.3) is 0 Å². The number of fused-ring (bicyclic) bond motifs is 1. The Bertz CT molecular complexity index is 449. The minimum absolute atomic E-state index is 0.273. The van der Waals surface area contributed by atoms with E-state index < -0.39 is 0 Å². The molecular weight excluding hydrogens is 198 g/mol. The predicted molar refractivity (Wildman–Crippen MR) is 58.7 cm³/mol. The van der Waals surface area contributed by atoms with Gasteiger partial charge in [0.15, 0.2) is 5.58 Å². The van der Waals surface area contributed by atoms with Gasteiger partial charge in [0.2, 0.25) is 0 Å². The van der Waals surface area contributed by atoms with Gasteiger partial charge in [0.05, 0.1) is 11.3 Å². The van der Waals surface area contributed by atoms with E-state index in [1.807, 2.05) is 25.2 Å². The van der Waals surface area contributed by atoms with Gasteiger partial charge in [0.1, 0.15) is 0 Å². The number of rotatable bonds is 2. The van der Waals surface area contributed by atoms with Crippen LogP contribution < -0.4 is 5.32 Å². The largest absolute Gasteiger partial charge is 0.462 e. The van der Waals surface area contributed by atoms with Gasteiger partial charge >= 0.3 is 0 Å². The molecule has 0 amide bonds. The van der Waals surface area contributed by atoms with Crippen molar-refractivity contribution < 1.29 is 4.42 Å². The average molecular weight is 210 g/mol. The third kappa shape index (κ3) is 1.41. The summed E-state index contributed by atoms with van der Waals surface area (Å²) < 4.78 is 5.43. The summed E-state index contributed by atoms with van der Waals surface area (Å²) in [6.07, 6.45) is 1.76. The molecule has 0 aliphatic carbocycles. The Kier molecular flexibility index (Phi) is 2.48. The van der Waals surface area contributed by atoms with Crippen LogP contribution in [0.3, 0.4) is 0 Å². The highest BCUT2D eigenvalue weighted by molar-refractivity contribution is 6.34. The SMILES string of the molecule is CNC(C)c1coc2c(Cl)cccc12. The molecule has 1 atom stereocenters. The van der Waals surface area contributed by atoms with E-state index in [9.17, 15) is 0 Å². The summed E-state index contributed by atoms with van der Waals surface area (Å²) in [5.74, 6) is 0. The lowest BCUT2D eigenvalue weighted by Gasteiger charge is -2.07. The van der Waals surface area contributed by atoms with Crippen LogP contribution in [-0.4, -0.2) is 7.05 Å². The van der Waals surface area contributed by atoms with Crippen LogP contribution in [-0.2, 0) is 0 Å². The molecule has 1 heterocycles. The van der Waals surface area contributed by atoms with Gasteiger partial charge in [-0.15, -0.1) is 0 Å². The van der Waals surface area contributed by atoms with Crippen LogP contribution in [0.15, 0.2) is 28.9 Å². The number of furan rings is 1. The van der Waals surface area contributed by atoms with Crippen LogP contribution in [0.25, 0.3) is 11.0 Å². The van der Waals surface area contributed by atoms with Crippen LogP contribution in [0.1, 0.15) is 18.5 Å². The molecule has 3 heteroatoms. The van der Waals surface area contributed by atoms with Gasteiger partial charge < -0.3 is 9.73 Å². The molecule has 0 aliphatic heterocycles. The molecule has 0 aliphatic rings. The lowest BCUT2D eigenvalue weighted by atomic mass is 10.1. The average Bonchev–Trinajstić information content (AvgIpc) is 2.62. The molecule has 2 rings (SSSR count). The van der Waals surface area contributed by atoms with Crippen molar-refractivity contribution in [2.75, 3.05) is 7.05 Å². The first-order valence-corrected chi connectivity index (χ1v) is 4.94. The van der Waals surface area contributed by atoms with Gasteiger partial charge in [-0.1, -0.05) is 23.7 Å². The molecule has 1 N–H and O–H groups in total. The zero-order chi connectivity index (χ0) is 10.1. The Morgan fingerprint density at radius 2 is 2.21 bits per heavy atom. The summed E-state index contributed by atoms with van der Waals surface area (Å²) >= 11 is 6.00. The van der Waals surface area contributed by atoms with Gasteiger partial charge in [-0.05, 0) is 20.0 Å². The van der Waals surface area contributed by atoms with Crippen LogP contribution in [0.2, 0.25) is 5.02 Å². The summed E-state index contributed by atoms with van der Waals surface area (Å²) in [6, 6.07) is 6.07. The Labute approximate surface area is 87.9 Å². The number of benzene rings is 1. The molecule has 0 radical (unpaired) electrons. The minimum atomic E-state index is 0.273. The number of para-hydroxylation sites is 1. The van der Waals surface area contributed by atoms with E-state index in [-0.39, 0.29) is 6.04 Å². The molecule has 2 aromatic rings. The van der Waals surface area contributed by atoms with Crippen molar-refractivity contribution in [3.63, 3.8) is 0 Å². The Morgan fingerprint density at radius 3 is 2.93 bits per heavy atom. The third-order valence-corrected chi connectivity index (χ3v) is 2.78. The van der Waals surface area contributed by atoms with E-state index in [2.05, 4.69) is 12.2 Å². The van der Waals surface area contributed by atoms with Crippen LogP contribution in [0, 0.1) is 0 Å². The second-order valence-electron chi connectivity index (χ2n) is 3.32. The van der Waals surface area contributed by atoms with Crippen molar-refractivity contribution in [2.45, 2.75) is 13.0 Å². The molecule has 0 fully saturated rings. The number of halogens is 1. The molecule has 2 nitrogen and oxygen atoms in total. The highest BCUT2D eigenvalue weighted by Gasteiger charge is 2.12. The monoisotopic (exact) mass is 209 g/mol. The first-order valence-electron chi connectivity index (χ1n) is 4.57. The van der Waals surface area contributed by atoms with Crippen LogP contribution in [0.5, 0.6) is 0 Å². The maximum Gasteiger partial charge on any atom is 0.152 e. The lowest BCUT2D eigenvalue weighted by Crippen LogP contribution is -2.11. The third-order valence-electron chi connectivity index (χ3n) is 2.48. The fourth-order valence-electron chi connectivity index (χ4n) is 1.53. The highest BCUT2D eigenvalue weighted by atomic mass is 35.5. The zero-order valence-corrected chi connectivity index (χ0v) is 8.93. The van der Waals surface area contributed by atoms with Crippen molar-refractivity contribution in [3.05, 3.63) is 35.0 Å². The summed E-state index contributed by atoms with van der Waals surface area (Å²) in [5.41, 5.74) is 1.91. The summed E-state index contributed by atoms with van der Waals surface area (Å²) in [6.45, 7) is 2.09. The van der Waals surface area contributed by atoms with Crippen molar-refractivity contribution in [3.8, 4) is 0 Å². The number of hydrogen-bond acceptors (Lipinski definition) is 2. The van der Waals surface area contributed by atoms with Crippen LogP contribution >= 0.6 is 11.6 Å². The fraction of sp³-hybridized carbons (Fsp3) is 0.273. The van der Waals surface area contributed by atoms with Crippen molar-refractivity contribution in [1.82, 2.24) is 5.32 Å². The second kappa shape index (κ2) is 3.64. The maximum absolute atomic E-state index is 6.00. The first-order chi connectivity index (χ1) is 6.74. The summed E-state index contributed by atoms with van der Waals surface area (Å²) in [7, 11) is 1.92. The van der Waals surface area contributed by atoms with E-state index in [4.69, 9.17) is 16.0 Å². The fourth-order valence-corrected chi connectivity index (χ4v) is 1.75. The molecule has 0 saturated carbocycles. The topological polar surface area (TPSA) is 25.2 Å². The maximum atomic E-state index is 6.00. The standard InChI is InChI=1S/C11H12ClNO/c1-7(13-2)9-6-14-11-8(9)4-3-5-10(11)12/h3-7,13H,1-2H3. The molecule has 1 aromatic carbocycles. The van der Waals surface area contributed by atoms with Gasteiger partial charge in [-0.2, -0.15) is 0 Å². The number of hydrogen-bond donors (Lipinski definition) is 1. The molecule has 0 saturated heterocycles. The van der Waals surface area contributed by atoms with E-state index in [1.54, 1.807) is 6.26 Å². The molecule has 14 heavy (non-hydrogen) atoms. The normalized spacial score (nSPS) is 13.4. The minimum Gasteiger partial charge on any atom is -0.462 e. The Balaban J connectivity index is 2.63. The van der Waals surface area contributed by atoms with E-state index in [0.717, 1.165) is 16.5 Å². The predicted octanol–water partition coefficient (Wildman–Crippen LogP) is 3.37. The molecule has 1 unspecified atom stereocenters. The van der Waals surface area contributed by atoms with Gasteiger partial charge in [-0.25, -0.2) is 0 Å². The molecule has 0 bridgehead atoms. The Hall–Kier alpha value is -0.990. The quantitative estimate of drug-likeness (QED) is 0.821. The lowest BCUT2D eigenvalue weighted by molar-refractivity contribution is 0.588. The van der Waals surface area contributed by atoms with Crippen molar-refractivity contribution in [2.24, 2.45) is 0 Å². The van der Waals surface area contributed by atoms with E-state index in [1.165, 1.54) is 0 Å². The van der Waals surface area contributed by atoms with Gasteiger partial charge in [0, 0.05) is 17.0 Å². The molecular formula is C11H12ClNO. The van der Waals surface area contributed by atoms with Crippen molar-refractivity contribution >= 4 is 22.6 Å². The molecule has 1 aromatic heterocycles. The van der Waals surface area contributed by atoms with E-state index >= 15 is 0 Å². The van der Waals surface area contributed by atoms with Crippen molar-refractivity contribution in [1.29, 1.82) is 0 Å². The van der Waals surface area contributed by atoms with Gasteiger partial charge in [-0.3, -0.25) is 0 Å². The highest BCUT2D eigenvalue weighted by Crippen LogP contribution is 2.30. The summed E-state index contributed by atoms with van der Waals surface area (Å²) in [4.78, 5) is 0. The first kappa shape index (κ1) is 9.56. The zero-order valence-electron chi connectivity index (χ0n) is 8.17. The molecule has 0 spiro atoms.